The van der Waals surface area contributed by atoms with Crippen LogP contribution in [0.25, 0.3) is 0 Å². The van der Waals surface area contributed by atoms with Gasteiger partial charge in [-0.2, -0.15) is 0 Å². The van der Waals surface area contributed by atoms with Crippen LogP contribution in [0.5, 0.6) is 0 Å². The SMILES string of the molecule is C=CC(CC(C)O)OC(C=C)CC(C)O. The number of aliphatic hydroxyl groups is 2. The van der Waals surface area contributed by atoms with Gasteiger partial charge in [0.1, 0.15) is 0 Å². The lowest BCUT2D eigenvalue weighted by atomic mass is 10.1. The highest BCUT2D eigenvalue weighted by Crippen LogP contribution is 2.12. The van der Waals surface area contributed by atoms with Gasteiger partial charge in [0.25, 0.3) is 0 Å². The van der Waals surface area contributed by atoms with Gasteiger partial charge in [0.2, 0.25) is 0 Å². The van der Waals surface area contributed by atoms with Crippen LogP contribution < -0.4 is 0 Å². The molecule has 3 nitrogen and oxygen atoms in total. The number of rotatable bonds is 8. The Hall–Kier alpha value is -0.640. The summed E-state index contributed by atoms with van der Waals surface area (Å²) in [5.74, 6) is 0. The fourth-order valence-electron chi connectivity index (χ4n) is 1.31. The maximum atomic E-state index is 9.22. The van der Waals surface area contributed by atoms with Gasteiger partial charge in [0, 0.05) is 12.8 Å². The third-order valence-electron chi connectivity index (χ3n) is 2.02. The van der Waals surface area contributed by atoms with Gasteiger partial charge in [-0.05, 0) is 13.8 Å². The largest absolute Gasteiger partial charge is 0.393 e. The van der Waals surface area contributed by atoms with E-state index in [0.29, 0.717) is 12.8 Å². The van der Waals surface area contributed by atoms with Crippen molar-refractivity contribution in [2.45, 2.75) is 51.1 Å². The Bertz CT molecular complexity index is 167. The minimum atomic E-state index is -0.426. The summed E-state index contributed by atoms with van der Waals surface area (Å²) in [5.41, 5.74) is 0. The van der Waals surface area contributed by atoms with E-state index in [-0.39, 0.29) is 12.2 Å². The zero-order valence-corrected chi connectivity index (χ0v) is 9.60. The Morgan fingerprint density at radius 3 is 1.53 bits per heavy atom. The van der Waals surface area contributed by atoms with Crippen molar-refractivity contribution < 1.29 is 14.9 Å². The molecule has 0 aromatic heterocycles. The van der Waals surface area contributed by atoms with Gasteiger partial charge in [-0.25, -0.2) is 0 Å². The average Bonchev–Trinajstić information content (AvgIpc) is 2.14. The van der Waals surface area contributed by atoms with Crippen LogP contribution in [0.2, 0.25) is 0 Å². The lowest BCUT2D eigenvalue weighted by molar-refractivity contribution is -0.00638. The Kier molecular flexibility index (Phi) is 7.30. The van der Waals surface area contributed by atoms with Gasteiger partial charge in [0.05, 0.1) is 24.4 Å². The second-order valence-electron chi connectivity index (χ2n) is 3.85. The van der Waals surface area contributed by atoms with Gasteiger partial charge in [-0.3, -0.25) is 0 Å². The van der Waals surface area contributed by atoms with Crippen LogP contribution in [0.1, 0.15) is 26.7 Å². The predicted molar refractivity (Wildman–Crippen MR) is 61.7 cm³/mol. The van der Waals surface area contributed by atoms with E-state index in [1.165, 1.54) is 0 Å². The molecule has 0 saturated carbocycles. The van der Waals surface area contributed by atoms with E-state index in [9.17, 15) is 10.2 Å². The molecule has 0 fully saturated rings. The van der Waals surface area contributed by atoms with Gasteiger partial charge in [-0.1, -0.05) is 12.2 Å². The first-order valence-corrected chi connectivity index (χ1v) is 5.26. The van der Waals surface area contributed by atoms with Crippen molar-refractivity contribution in [2.75, 3.05) is 0 Å². The fraction of sp³-hybridized carbons (Fsp3) is 0.667. The van der Waals surface area contributed by atoms with E-state index in [1.807, 2.05) is 0 Å². The minimum absolute atomic E-state index is 0.202. The monoisotopic (exact) mass is 214 g/mol. The molecule has 0 aliphatic carbocycles. The first-order chi connectivity index (χ1) is 6.99. The molecule has 15 heavy (non-hydrogen) atoms. The number of hydrogen-bond donors (Lipinski definition) is 2. The molecule has 2 N–H and O–H groups in total. The Morgan fingerprint density at radius 2 is 1.33 bits per heavy atom. The molecule has 88 valence electrons. The third-order valence-corrected chi connectivity index (χ3v) is 2.02. The van der Waals surface area contributed by atoms with Gasteiger partial charge < -0.3 is 14.9 Å². The predicted octanol–water partition coefficient (Wildman–Crippen LogP) is 1.65. The summed E-state index contributed by atoms with van der Waals surface area (Å²) >= 11 is 0. The molecule has 0 amide bonds. The first-order valence-electron chi connectivity index (χ1n) is 5.26. The molecule has 0 radical (unpaired) electrons. The van der Waals surface area contributed by atoms with Crippen LogP contribution in [-0.4, -0.2) is 34.6 Å². The molecule has 0 spiro atoms. The highest BCUT2D eigenvalue weighted by atomic mass is 16.5. The zero-order valence-electron chi connectivity index (χ0n) is 9.60. The lowest BCUT2D eigenvalue weighted by Gasteiger charge is -2.22. The Labute approximate surface area is 92.1 Å². The zero-order chi connectivity index (χ0) is 11.8. The van der Waals surface area contributed by atoms with Crippen molar-refractivity contribution in [3.63, 3.8) is 0 Å². The van der Waals surface area contributed by atoms with E-state index >= 15 is 0 Å². The van der Waals surface area contributed by atoms with E-state index in [1.54, 1.807) is 26.0 Å². The summed E-state index contributed by atoms with van der Waals surface area (Å²) in [6.07, 6.45) is 3.08. The molecular weight excluding hydrogens is 192 g/mol. The van der Waals surface area contributed by atoms with E-state index in [2.05, 4.69) is 13.2 Å². The summed E-state index contributed by atoms with van der Waals surface area (Å²) in [6, 6.07) is 0. The van der Waals surface area contributed by atoms with E-state index in [4.69, 9.17) is 4.74 Å². The topological polar surface area (TPSA) is 49.7 Å². The quantitative estimate of drug-likeness (QED) is 0.604. The fourth-order valence-corrected chi connectivity index (χ4v) is 1.31. The minimum Gasteiger partial charge on any atom is -0.393 e. The van der Waals surface area contributed by atoms with Gasteiger partial charge in [-0.15, -0.1) is 13.2 Å². The lowest BCUT2D eigenvalue weighted by Crippen LogP contribution is -2.25. The molecule has 4 unspecified atom stereocenters. The summed E-state index contributed by atoms with van der Waals surface area (Å²) in [6.45, 7) is 10.7. The maximum Gasteiger partial charge on any atom is 0.0785 e. The molecule has 0 rings (SSSR count). The molecule has 0 aromatic carbocycles. The van der Waals surface area contributed by atoms with Crippen molar-refractivity contribution in [1.29, 1.82) is 0 Å². The maximum absolute atomic E-state index is 9.22. The highest BCUT2D eigenvalue weighted by molar-refractivity contribution is 4.88. The normalized spacial score (nSPS) is 18.9. The molecule has 0 bridgehead atoms. The number of aliphatic hydroxyl groups excluding tert-OH is 2. The molecule has 4 atom stereocenters. The molecule has 0 heterocycles. The van der Waals surface area contributed by atoms with Crippen LogP contribution in [0.3, 0.4) is 0 Å². The Balaban J connectivity index is 4.11. The molecule has 0 saturated heterocycles. The van der Waals surface area contributed by atoms with Crippen molar-refractivity contribution in [3.8, 4) is 0 Å². The smallest absolute Gasteiger partial charge is 0.0785 e. The second kappa shape index (κ2) is 7.63. The van der Waals surface area contributed by atoms with Crippen LogP contribution in [-0.2, 0) is 4.74 Å². The number of hydrogen-bond acceptors (Lipinski definition) is 3. The van der Waals surface area contributed by atoms with E-state index in [0.717, 1.165) is 0 Å². The van der Waals surface area contributed by atoms with Crippen LogP contribution in [0.15, 0.2) is 25.3 Å². The van der Waals surface area contributed by atoms with Crippen molar-refractivity contribution in [2.24, 2.45) is 0 Å². The molecule has 0 aliphatic heterocycles. The molecule has 3 heteroatoms. The third kappa shape index (κ3) is 7.31. The van der Waals surface area contributed by atoms with Crippen molar-refractivity contribution in [3.05, 3.63) is 25.3 Å². The summed E-state index contributed by atoms with van der Waals surface area (Å²) in [7, 11) is 0. The summed E-state index contributed by atoms with van der Waals surface area (Å²) in [5, 5.41) is 18.4. The van der Waals surface area contributed by atoms with Crippen molar-refractivity contribution in [1.82, 2.24) is 0 Å². The van der Waals surface area contributed by atoms with Crippen molar-refractivity contribution >= 4 is 0 Å². The molecule has 0 aromatic rings. The average molecular weight is 214 g/mol. The standard InChI is InChI=1S/C12H22O3/c1-5-11(7-9(3)13)15-12(6-2)8-10(4)14/h5-6,9-14H,1-2,7-8H2,3-4H3. The summed E-state index contributed by atoms with van der Waals surface area (Å²) in [4.78, 5) is 0. The molecule has 0 aliphatic rings. The van der Waals surface area contributed by atoms with Gasteiger partial charge >= 0.3 is 0 Å². The highest BCUT2D eigenvalue weighted by Gasteiger charge is 2.15. The van der Waals surface area contributed by atoms with E-state index < -0.39 is 12.2 Å². The number of ether oxygens (including phenoxy) is 1. The van der Waals surface area contributed by atoms with Crippen LogP contribution in [0, 0.1) is 0 Å². The van der Waals surface area contributed by atoms with Crippen LogP contribution in [0.4, 0.5) is 0 Å². The molecular formula is C12H22O3. The van der Waals surface area contributed by atoms with Crippen LogP contribution >= 0.6 is 0 Å². The Morgan fingerprint density at radius 1 is 1.00 bits per heavy atom. The summed E-state index contributed by atoms with van der Waals surface area (Å²) < 4.78 is 5.61. The van der Waals surface area contributed by atoms with Gasteiger partial charge in [0.15, 0.2) is 0 Å². The second-order valence-corrected chi connectivity index (χ2v) is 3.85. The first kappa shape index (κ1) is 14.4.